The molecule has 7 rings (SSSR count). The highest BCUT2D eigenvalue weighted by atomic mass is 35.5. The Balaban J connectivity index is 1.21. The molecule has 2 fully saturated rings. The van der Waals surface area contributed by atoms with Crippen LogP contribution in [0.3, 0.4) is 0 Å². The van der Waals surface area contributed by atoms with Crippen LogP contribution in [0.2, 0.25) is 5.02 Å². The normalized spacial score (nSPS) is 17.7. The lowest BCUT2D eigenvalue weighted by atomic mass is 9.72. The smallest absolute Gasteiger partial charge is 0.330 e. The molecule has 50 heavy (non-hydrogen) atoms. The summed E-state index contributed by atoms with van der Waals surface area (Å²) in [6.45, 7) is 6.45. The summed E-state index contributed by atoms with van der Waals surface area (Å²) in [6, 6.07) is 7.12. The Morgan fingerprint density at radius 1 is 1.04 bits per heavy atom. The highest BCUT2D eigenvalue weighted by molar-refractivity contribution is 6.36. The Morgan fingerprint density at radius 3 is 2.40 bits per heavy atom. The fourth-order valence-electron chi connectivity index (χ4n) is 7.72. The van der Waals surface area contributed by atoms with Crippen molar-refractivity contribution in [2.45, 2.75) is 32.7 Å². The molecule has 1 N–H and O–H groups in total. The molecule has 0 bridgehead atoms. The Bertz CT molecular complexity index is 2240. The zero-order chi connectivity index (χ0) is 35.8. The topological polar surface area (TPSA) is 119 Å². The number of nitrogens with zero attached hydrogens (tertiary/aromatic N) is 5. The first-order valence-electron chi connectivity index (χ1n) is 16.2. The zero-order valence-corrected chi connectivity index (χ0v) is 29.0. The Morgan fingerprint density at radius 2 is 1.72 bits per heavy atom. The molecule has 2 saturated heterocycles. The second-order valence-corrected chi connectivity index (χ2v) is 13.9. The number of fused-ring (bicyclic) bond motifs is 1. The molecule has 260 valence electrons. The van der Waals surface area contributed by atoms with Gasteiger partial charge in [0.25, 0.3) is 11.5 Å². The predicted octanol–water partition coefficient (Wildman–Crippen LogP) is 4.47. The number of amides is 2. The Kier molecular flexibility index (Phi) is 8.18. The molecule has 4 heterocycles. The number of ether oxygens (including phenoxy) is 1. The average Bonchev–Trinajstić information content (AvgIpc) is 3.46. The Labute approximate surface area is 291 Å². The van der Waals surface area contributed by atoms with E-state index in [1.807, 2.05) is 11.0 Å². The van der Waals surface area contributed by atoms with E-state index in [2.05, 4.69) is 10.2 Å². The largest absolute Gasteiger partial charge is 0.481 e. The lowest BCUT2D eigenvalue weighted by Crippen LogP contribution is -2.72. The number of rotatable bonds is 6. The number of halogens is 3. The van der Waals surface area contributed by atoms with Crippen LogP contribution in [0.4, 0.5) is 14.5 Å². The number of carbonyl (C=O) groups excluding carboxylic acids is 2. The summed E-state index contributed by atoms with van der Waals surface area (Å²) in [5, 5.41) is 2.53. The van der Waals surface area contributed by atoms with Gasteiger partial charge in [-0.1, -0.05) is 11.6 Å². The van der Waals surface area contributed by atoms with Crippen LogP contribution < -0.4 is 21.3 Å². The van der Waals surface area contributed by atoms with Crippen molar-refractivity contribution in [3.63, 3.8) is 0 Å². The van der Waals surface area contributed by atoms with Crippen molar-refractivity contribution in [2.24, 2.45) is 19.5 Å². The number of likely N-dealkylation sites (tertiary alicyclic amines) is 2. The molecular weight excluding hydrogens is 670 g/mol. The minimum atomic E-state index is -0.825. The molecule has 3 aliphatic rings. The molecule has 11 nitrogen and oxygen atoms in total. The third-order valence-electron chi connectivity index (χ3n) is 10.3. The number of hydrogen-bond donors (Lipinski definition) is 1. The van der Waals surface area contributed by atoms with E-state index in [-0.39, 0.29) is 50.3 Å². The first-order valence-corrected chi connectivity index (χ1v) is 16.5. The quantitative estimate of drug-likeness (QED) is 0.315. The van der Waals surface area contributed by atoms with Crippen LogP contribution in [0.15, 0.2) is 46.1 Å². The van der Waals surface area contributed by atoms with E-state index < -0.39 is 28.8 Å². The third-order valence-corrected chi connectivity index (χ3v) is 10.7. The van der Waals surface area contributed by atoms with Gasteiger partial charge in [0, 0.05) is 92.8 Å². The SMILES string of the molecule is COc1nc(-c2ccc(F)c(-c3c(F)ccc(NC(=O)c4cn(C)c(=O)n(C)c4=O)c3C)c2Cl)cc2c1[C@@H](N1CC3(CN(C(C)=O)C3)C1)CC2. The van der Waals surface area contributed by atoms with Gasteiger partial charge in [-0.05, 0) is 61.2 Å². The first kappa shape index (κ1) is 33.6. The summed E-state index contributed by atoms with van der Waals surface area (Å²) in [7, 11) is 4.21. The summed E-state index contributed by atoms with van der Waals surface area (Å²) >= 11 is 6.91. The highest BCUT2D eigenvalue weighted by Gasteiger charge is 2.55. The first-order chi connectivity index (χ1) is 23.7. The number of pyridine rings is 1. The van der Waals surface area contributed by atoms with Crippen LogP contribution in [0.5, 0.6) is 5.88 Å². The average molecular weight is 705 g/mol. The van der Waals surface area contributed by atoms with Gasteiger partial charge in [0.05, 0.1) is 17.8 Å². The van der Waals surface area contributed by atoms with E-state index in [0.29, 0.717) is 17.1 Å². The lowest BCUT2D eigenvalue weighted by molar-refractivity contribution is -0.161. The van der Waals surface area contributed by atoms with Crippen LogP contribution in [-0.4, -0.2) is 69.0 Å². The number of methoxy groups -OCH3 is 1. The highest BCUT2D eigenvalue weighted by Crippen LogP contribution is 2.50. The fraction of sp³-hybridized carbons (Fsp3) is 0.361. The van der Waals surface area contributed by atoms with Gasteiger partial charge in [-0.15, -0.1) is 0 Å². The predicted molar refractivity (Wildman–Crippen MR) is 184 cm³/mol. The molecule has 0 unspecified atom stereocenters. The number of anilines is 1. The minimum Gasteiger partial charge on any atom is -0.481 e. The zero-order valence-electron chi connectivity index (χ0n) is 28.2. The number of carbonyl (C=O) groups is 2. The van der Waals surface area contributed by atoms with Gasteiger partial charge in [-0.2, -0.15) is 0 Å². The summed E-state index contributed by atoms with van der Waals surface area (Å²) < 4.78 is 39.0. The lowest BCUT2D eigenvalue weighted by Gasteiger charge is -2.61. The maximum atomic E-state index is 15.7. The molecular formula is C36H35ClF2N6O5. The monoisotopic (exact) mass is 704 g/mol. The van der Waals surface area contributed by atoms with Crippen molar-refractivity contribution < 1.29 is 23.1 Å². The molecule has 1 aliphatic carbocycles. The second-order valence-electron chi connectivity index (χ2n) is 13.6. The van der Waals surface area contributed by atoms with Crippen molar-refractivity contribution in [1.29, 1.82) is 0 Å². The number of aromatic nitrogens is 3. The van der Waals surface area contributed by atoms with E-state index in [1.54, 1.807) is 14.0 Å². The molecule has 0 saturated carbocycles. The molecule has 14 heteroatoms. The third kappa shape index (κ3) is 5.30. The van der Waals surface area contributed by atoms with E-state index in [1.165, 1.54) is 39.2 Å². The van der Waals surface area contributed by atoms with Crippen molar-refractivity contribution in [3.8, 4) is 28.3 Å². The van der Waals surface area contributed by atoms with Gasteiger partial charge in [0.2, 0.25) is 11.8 Å². The second kappa shape index (κ2) is 12.2. The van der Waals surface area contributed by atoms with Crippen molar-refractivity contribution >= 4 is 29.1 Å². The van der Waals surface area contributed by atoms with E-state index in [0.717, 1.165) is 71.5 Å². The van der Waals surface area contributed by atoms with Crippen LogP contribution in [0, 0.1) is 24.0 Å². The van der Waals surface area contributed by atoms with Gasteiger partial charge >= 0.3 is 5.69 Å². The van der Waals surface area contributed by atoms with Crippen molar-refractivity contribution in [1.82, 2.24) is 23.9 Å². The molecule has 1 atom stereocenters. The summed E-state index contributed by atoms with van der Waals surface area (Å²) in [5.41, 5.74) is 1.21. The standard InChI is InChI=1S/C36H35ClF2N6O5/c1-18-25(40-32(47)22-13-42(3)35(49)43(4)34(22)48)10-9-23(38)28(18)30-24(39)8-7-21(31(30)37)26-12-20-6-11-27(29(20)33(41-26)50-5)45-16-36(17-45)14-44(15-36)19(2)46/h7-10,12-13,27H,6,11,14-17H2,1-5H3,(H,40,47)/t27-/m0/s1. The molecule has 2 aromatic carbocycles. The van der Waals surface area contributed by atoms with Crippen LogP contribution >= 0.6 is 11.6 Å². The number of benzene rings is 2. The van der Waals surface area contributed by atoms with Gasteiger partial charge in [0.15, 0.2) is 0 Å². The summed E-state index contributed by atoms with van der Waals surface area (Å²) in [5.74, 6) is -1.84. The maximum absolute atomic E-state index is 15.7. The van der Waals surface area contributed by atoms with Crippen molar-refractivity contribution in [3.05, 3.63) is 96.3 Å². The Hall–Kier alpha value is -4.88. The molecule has 4 aromatic rings. The molecule has 1 spiro atoms. The van der Waals surface area contributed by atoms with Crippen LogP contribution in [0.1, 0.15) is 46.4 Å². The van der Waals surface area contributed by atoms with Crippen LogP contribution in [-0.2, 0) is 25.3 Å². The summed E-state index contributed by atoms with van der Waals surface area (Å²) in [6.07, 6.45) is 2.77. The van der Waals surface area contributed by atoms with E-state index in [9.17, 15) is 19.2 Å². The molecule has 2 amide bonds. The number of nitrogens with one attached hydrogen (secondary N) is 1. The minimum absolute atomic E-state index is 0.0730. The van der Waals surface area contributed by atoms with E-state index in [4.69, 9.17) is 21.3 Å². The number of hydrogen-bond acceptors (Lipinski definition) is 7. The molecule has 2 aliphatic heterocycles. The maximum Gasteiger partial charge on any atom is 0.330 e. The van der Waals surface area contributed by atoms with Gasteiger partial charge < -0.3 is 19.5 Å². The van der Waals surface area contributed by atoms with E-state index >= 15 is 8.78 Å². The summed E-state index contributed by atoms with van der Waals surface area (Å²) in [4.78, 5) is 58.7. The van der Waals surface area contributed by atoms with Crippen LogP contribution in [0.25, 0.3) is 22.4 Å². The fourth-order valence-corrected chi connectivity index (χ4v) is 8.06. The van der Waals surface area contributed by atoms with Gasteiger partial charge in [-0.3, -0.25) is 23.9 Å². The molecule has 0 radical (unpaired) electrons. The number of aryl methyl sites for hydroxylation is 2. The van der Waals surface area contributed by atoms with Gasteiger partial charge in [0.1, 0.15) is 17.2 Å². The van der Waals surface area contributed by atoms with Crippen molar-refractivity contribution in [2.75, 3.05) is 38.6 Å². The van der Waals surface area contributed by atoms with Gasteiger partial charge in [-0.25, -0.2) is 18.6 Å². The molecule has 2 aromatic heterocycles.